The highest BCUT2D eigenvalue weighted by Gasteiger charge is 2.31. The number of hydrogen-bond donors (Lipinski definition) is 2. The Bertz CT molecular complexity index is 2230. The van der Waals surface area contributed by atoms with Crippen LogP contribution in [-0.2, 0) is 21.5 Å². The molecule has 0 fully saturated rings. The number of nitrogens with one attached hydrogen (secondary N) is 2. The Hall–Kier alpha value is -5.22. The number of esters is 1. The third kappa shape index (κ3) is 7.50. The summed E-state index contributed by atoms with van der Waals surface area (Å²) in [4.78, 5) is 27.2. The number of ether oxygens (including phenoxy) is 2. The van der Waals surface area contributed by atoms with Gasteiger partial charge in [0.25, 0.3) is 0 Å². The van der Waals surface area contributed by atoms with Gasteiger partial charge in [0.05, 0.1) is 25.0 Å². The van der Waals surface area contributed by atoms with Crippen LogP contribution in [0.5, 0.6) is 11.5 Å². The van der Waals surface area contributed by atoms with Gasteiger partial charge < -0.3 is 24.0 Å². The third-order valence-corrected chi connectivity index (χ3v) is 9.17. The summed E-state index contributed by atoms with van der Waals surface area (Å²) >= 11 is 2.12. The lowest BCUT2D eigenvalue weighted by Gasteiger charge is -2.29. The molecule has 3 aromatic heterocycles. The molecule has 3 aromatic carbocycles. The van der Waals surface area contributed by atoms with E-state index < -0.39 is 23.0 Å². The summed E-state index contributed by atoms with van der Waals surface area (Å²) < 4.78 is 45.0. The van der Waals surface area contributed by atoms with Crippen molar-refractivity contribution in [2.75, 3.05) is 6.61 Å². The van der Waals surface area contributed by atoms with Gasteiger partial charge in [-0.15, -0.1) is 12.3 Å². The molecule has 0 spiro atoms. The van der Waals surface area contributed by atoms with E-state index in [4.69, 9.17) is 15.9 Å². The predicted octanol–water partition coefficient (Wildman–Crippen LogP) is 9.16. The van der Waals surface area contributed by atoms with E-state index in [1.807, 2.05) is 41.1 Å². The summed E-state index contributed by atoms with van der Waals surface area (Å²) in [5, 5.41) is 0.799. The van der Waals surface area contributed by atoms with E-state index in [9.17, 15) is 4.79 Å². The van der Waals surface area contributed by atoms with E-state index in [2.05, 4.69) is 55.4 Å². The van der Waals surface area contributed by atoms with Gasteiger partial charge in [-0.1, -0.05) is 24.3 Å². The zero-order valence-electron chi connectivity index (χ0n) is 27.5. The maximum atomic E-state index is 15.6. The second-order valence-corrected chi connectivity index (χ2v) is 13.1. The van der Waals surface area contributed by atoms with Crippen molar-refractivity contribution in [3.63, 3.8) is 0 Å². The Kier molecular flexibility index (Phi) is 10.5. The molecule has 11 heteroatoms. The van der Waals surface area contributed by atoms with Gasteiger partial charge in [-0.25, -0.2) is 23.5 Å². The molecule has 0 bridgehead atoms. The van der Waals surface area contributed by atoms with Gasteiger partial charge in [-0.05, 0) is 90.7 Å². The zero-order valence-corrected chi connectivity index (χ0v) is 29.6. The first kappa shape index (κ1) is 34.6. The number of fused-ring (bicyclic) bond motifs is 1. The van der Waals surface area contributed by atoms with E-state index in [1.54, 1.807) is 31.7 Å². The number of nitrogens with zero attached hydrogens (tertiary/aromatic N) is 3. The van der Waals surface area contributed by atoms with Crippen molar-refractivity contribution >= 4 is 45.5 Å². The lowest BCUT2D eigenvalue weighted by atomic mass is 9.75. The number of H-pyrrole nitrogens is 2. The van der Waals surface area contributed by atoms with Gasteiger partial charge in [0.1, 0.15) is 21.1 Å². The van der Waals surface area contributed by atoms with Gasteiger partial charge in [0.2, 0.25) is 0 Å². The number of carbonyl (C=O) groups is 1. The lowest BCUT2D eigenvalue weighted by Crippen LogP contribution is -2.24. The average Bonchev–Trinajstić information content (AvgIpc) is 3.88. The fraction of sp³-hybridized carbons (Fsp3) is 0.205. The number of carbonyl (C=O) groups excluding carboxylic acids is 1. The van der Waals surface area contributed by atoms with Gasteiger partial charge in [0, 0.05) is 64.7 Å². The van der Waals surface area contributed by atoms with E-state index >= 15 is 8.78 Å². The van der Waals surface area contributed by atoms with E-state index in [-0.39, 0.29) is 17.1 Å². The van der Waals surface area contributed by atoms with Gasteiger partial charge in [0.15, 0.2) is 11.6 Å². The molecule has 0 saturated carbocycles. The van der Waals surface area contributed by atoms with Crippen molar-refractivity contribution in [1.29, 1.82) is 0 Å². The van der Waals surface area contributed by atoms with Crippen molar-refractivity contribution in [3.05, 3.63) is 123 Å². The van der Waals surface area contributed by atoms with Crippen molar-refractivity contribution in [3.8, 4) is 35.2 Å². The lowest BCUT2D eigenvalue weighted by molar-refractivity contribution is -0.137. The van der Waals surface area contributed by atoms with Crippen LogP contribution >= 0.6 is 22.6 Å². The van der Waals surface area contributed by atoms with E-state index in [0.29, 0.717) is 42.9 Å². The summed E-state index contributed by atoms with van der Waals surface area (Å²) in [6.07, 6.45) is 17.7. The number of benzene rings is 3. The summed E-state index contributed by atoms with van der Waals surface area (Å²) in [5.41, 5.74) is 3.36. The molecule has 50 heavy (non-hydrogen) atoms. The molecule has 0 aliphatic carbocycles. The average molecular weight is 786 g/mol. The van der Waals surface area contributed by atoms with Crippen LogP contribution in [0.15, 0.2) is 85.6 Å². The first-order valence-corrected chi connectivity index (χ1v) is 17.1. The van der Waals surface area contributed by atoms with E-state index in [1.165, 1.54) is 30.3 Å². The first-order chi connectivity index (χ1) is 24.2. The Morgan fingerprint density at radius 3 is 2.78 bits per heavy atom. The van der Waals surface area contributed by atoms with Crippen molar-refractivity contribution in [1.82, 2.24) is 24.5 Å². The molecule has 3 heterocycles. The number of imidazole rings is 2. The van der Waals surface area contributed by atoms with Crippen LogP contribution in [0.1, 0.15) is 55.5 Å². The second kappa shape index (κ2) is 15.1. The Morgan fingerprint density at radius 2 is 2.00 bits per heavy atom. The fourth-order valence-corrected chi connectivity index (χ4v) is 6.50. The number of rotatable bonds is 13. The van der Waals surface area contributed by atoms with Gasteiger partial charge in [-0.2, -0.15) is 0 Å². The highest BCUT2D eigenvalue weighted by atomic mass is 127. The summed E-state index contributed by atoms with van der Waals surface area (Å²) in [5.74, 6) is 1.79. The molecule has 6 aromatic rings. The summed E-state index contributed by atoms with van der Waals surface area (Å²) in [6, 6.07) is 15.3. The summed E-state index contributed by atoms with van der Waals surface area (Å²) in [6.45, 7) is 4.44. The Labute approximate surface area is 302 Å². The molecular weight excluding hydrogens is 751 g/mol. The zero-order chi connectivity index (χ0) is 35.3. The predicted molar refractivity (Wildman–Crippen MR) is 198 cm³/mol. The quantitative estimate of drug-likeness (QED) is 0.0401. The van der Waals surface area contributed by atoms with Crippen molar-refractivity contribution < 1.29 is 23.0 Å². The molecule has 8 nitrogen and oxygen atoms in total. The van der Waals surface area contributed by atoms with Crippen LogP contribution in [0.3, 0.4) is 0 Å². The molecule has 6 rings (SSSR count). The molecule has 0 radical (unpaired) electrons. The minimum atomic E-state index is -0.588. The smallest absolute Gasteiger partial charge is 0.330 e. The van der Waals surface area contributed by atoms with Gasteiger partial charge >= 0.3 is 5.97 Å². The fourth-order valence-electron chi connectivity index (χ4n) is 6.02. The maximum Gasteiger partial charge on any atom is 0.330 e. The number of halogens is 3. The van der Waals surface area contributed by atoms with Crippen LogP contribution < -0.4 is 4.74 Å². The Balaban J connectivity index is 1.34. The number of unbranched alkanes of at least 4 members (excludes halogenated alkanes) is 1. The standard InChI is InChI=1S/C39H34F2IN5O3/c1-4-6-7-16-39(3,26-10-8-9-25(18-26)11-14-36(48)49-5-2)34-21-44-38(46-34)29-19-27(12-13-31(29)40)50-37-30(22-47-23-35(42)45-24-47)28-15-17-43-33(28)20-32(37)41/h1,8-15,17-21,23-24,43H,5-7,16,22H2,2-3H3,(H,44,46)/b14-11+. The number of hydrogen-bond acceptors (Lipinski definition) is 5. The van der Waals surface area contributed by atoms with Crippen LogP contribution in [0.2, 0.25) is 0 Å². The molecule has 0 aliphatic heterocycles. The number of aromatic nitrogens is 5. The largest absolute Gasteiger partial charge is 0.463 e. The molecule has 0 saturated heterocycles. The SMILES string of the molecule is C#CCCCC(C)(c1cccc(/C=C/C(=O)OCC)c1)c1cnc(-c2cc(Oc3c(F)cc4[nH]ccc4c3Cn3cnc(I)c3)ccc2F)[nH]1. The molecule has 1 atom stereocenters. The van der Waals surface area contributed by atoms with Crippen LogP contribution in [0, 0.1) is 27.7 Å². The molecule has 1 unspecified atom stereocenters. The molecule has 0 amide bonds. The highest BCUT2D eigenvalue weighted by Crippen LogP contribution is 2.39. The highest BCUT2D eigenvalue weighted by molar-refractivity contribution is 14.1. The van der Waals surface area contributed by atoms with E-state index in [0.717, 1.165) is 32.3 Å². The summed E-state index contributed by atoms with van der Waals surface area (Å²) in [7, 11) is 0. The topological polar surface area (TPSA) is 97.8 Å². The minimum absolute atomic E-state index is 0.0384. The number of terminal acetylenes is 1. The van der Waals surface area contributed by atoms with Crippen LogP contribution in [0.4, 0.5) is 8.78 Å². The van der Waals surface area contributed by atoms with Crippen molar-refractivity contribution in [2.45, 2.75) is 45.1 Å². The number of aromatic amines is 2. The first-order valence-electron chi connectivity index (χ1n) is 16.1. The maximum absolute atomic E-state index is 15.6. The van der Waals surface area contributed by atoms with Crippen molar-refractivity contribution in [2.24, 2.45) is 0 Å². The van der Waals surface area contributed by atoms with Gasteiger partial charge in [-0.3, -0.25) is 0 Å². The second-order valence-electron chi connectivity index (χ2n) is 12.0. The van der Waals surface area contributed by atoms with Crippen LogP contribution in [0.25, 0.3) is 28.4 Å². The Morgan fingerprint density at radius 1 is 1.14 bits per heavy atom. The normalized spacial score (nSPS) is 12.6. The molecule has 2 N–H and O–H groups in total. The third-order valence-electron chi connectivity index (χ3n) is 8.61. The van der Waals surface area contributed by atoms with Crippen LogP contribution in [-0.4, -0.2) is 37.1 Å². The molecule has 0 aliphatic rings. The molecule has 254 valence electrons. The minimum Gasteiger partial charge on any atom is -0.463 e. The molecular formula is C39H34F2IN5O3. The monoisotopic (exact) mass is 785 g/mol.